The van der Waals surface area contributed by atoms with E-state index in [-0.39, 0.29) is 5.41 Å². The summed E-state index contributed by atoms with van der Waals surface area (Å²) in [4.78, 5) is 0. The first-order valence-corrected chi connectivity index (χ1v) is 7.04. The van der Waals surface area contributed by atoms with Gasteiger partial charge in [-0.05, 0) is 42.9 Å². The third-order valence-corrected chi connectivity index (χ3v) is 4.53. The molecule has 0 spiro atoms. The molecule has 0 unspecified atom stereocenters. The van der Waals surface area contributed by atoms with E-state index in [1.54, 1.807) is 0 Å². The van der Waals surface area contributed by atoms with Crippen molar-refractivity contribution in [3.63, 3.8) is 0 Å². The molecule has 0 aliphatic heterocycles. The fourth-order valence-corrected chi connectivity index (χ4v) is 3.39. The zero-order chi connectivity index (χ0) is 13.3. The van der Waals surface area contributed by atoms with Gasteiger partial charge in [0.1, 0.15) is 5.75 Å². The summed E-state index contributed by atoms with van der Waals surface area (Å²) in [6.45, 7) is 7.11. The van der Waals surface area contributed by atoms with Crippen LogP contribution >= 0.6 is 0 Å². The van der Waals surface area contributed by atoms with Crippen LogP contribution in [0, 0.1) is 6.92 Å². The summed E-state index contributed by atoms with van der Waals surface area (Å²) in [6, 6.07) is 4.12. The first-order valence-electron chi connectivity index (χ1n) is 7.04. The smallest absolute Gasteiger partial charge is 0.119 e. The molecule has 0 bridgehead atoms. The molecular formula is C16H25NO. The van der Waals surface area contributed by atoms with Crippen LogP contribution in [-0.2, 0) is 5.41 Å². The minimum absolute atomic E-state index is 0.0153. The zero-order valence-corrected chi connectivity index (χ0v) is 11.8. The van der Waals surface area contributed by atoms with Crippen molar-refractivity contribution in [1.82, 2.24) is 0 Å². The molecule has 100 valence electrons. The van der Waals surface area contributed by atoms with Crippen molar-refractivity contribution in [1.29, 1.82) is 0 Å². The second-order valence-corrected chi connectivity index (χ2v) is 6.07. The van der Waals surface area contributed by atoms with Crippen molar-refractivity contribution in [2.45, 2.75) is 57.8 Å². The number of rotatable bonds is 3. The Bertz CT molecular complexity index is 431. The van der Waals surface area contributed by atoms with Crippen LogP contribution in [0.1, 0.15) is 62.1 Å². The largest absolute Gasteiger partial charge is 0.508 e. The number of hydrogen-bond acceptors (Lipinski definition) is 2. The molecule has 2 nitrogen and oxygen atoms in total. The fraction of sp³-hybridized carbons (Fsp3) is 0.625. The Balaban J connectivity index is 2.52. The molecule has 2 heteroatoms. The van der Waals surface area contributed by atoms with Crippen molar-refractivity contribution in [2.75, 3.05) is 6.54 Å². The second-order valence-electron chi connectivity index (χ2n) is 6.07. The summed E-state index contributed by atoms with van der Waals surface area (Å²) in [7, 11) is 0. The van der Waals surface area contributed by atoms with E-state index in [2.05, 4.69) is 26.8 Å². The molecule has 0 saturated heterocycles. The van der Waals surface area contributed by atoms with Crippen LogP contribution in [0.15, 0.2) is 12.1 Å². The van der Waals surface area contributed by atoms with Crippen LogP contribution in [0.3, 0.4) is 0 Å². The maximum atomic E-state index is 10.3. The highest BCUT2D eigenvalue weighted by Crippen LogP contribution is 2.45. The monoisotopic (exact) mass is 247 g/mol. The van der Waals surface area contributed by atoms with Gasteiger partial charge in [-0.15, -0.1) is 0 Å². The van der Waals surface area contributed by atoms with Gasteiger partial charge >= 0.3 is 0 Å². The van der Waals surface area contributed by atoms with Crippen molar-refractivity contribution < 1.29 is 5.11 Å². The fourth-order valence-electron chi connectivity index (χ4n) is 3.39. The Labute approximate surface area is 110 Å². The van der Waals surface area contributed by atoms with Gasteiger partial charge in [0.05, 0.1) is 0 Å². The standard InChI is InChI=1S/C16H25NO/c1-11(2)13-9-14(15(18)8-12(13)3)16(10-17)6-4-5-7-16/h8-9,11,18H,4-7,10,17H2,1-3H3. The lowest BCUT2D eigenvalue weighted by molar-refractivity contribution is 0.404. The highest BCUT2D eigenvalue weighted by atomic mass is 16.3. The molecule has 0 heterocycles. The first-order chi connectivity index (χ1) is 8.50. The number of phenols is 1. The predicted octanol–water partition coefficient (Wildman–Crippen LogP) is 3.59. The maximum absolute atomic E-state index is 10.3. The molecule has 0 aromatic heterocycles. The van der Waals surface area contributed by atoms with Crippen molar-refractivity contribution in [2.24, 2.45) is 5.73 Å². The molecule has 1 aliphatic rings. The molecule has 2 rings (SSSR count). The van der Waals surface area contributed by atoms with E-state index in [9.17, 15) is 5.11 Å². The molecule has 1 aliphatic carbocycles. The van der Waals surface area contributed by atoms with Gasteiger partial charge < -0.3 is 10.8 Å². The van der Waals surface area contributed by atoms with Gasteiger partial charge in [-0.1, -0.05) is 32.8 Å². The normalized spacial score (nSPS) is 18.5. The van der Waals surface area contributed by atoms with Gasteiger partial charge in [0, 0.05) is 17.5 Å². The average molecular weight is 247 g/mol. The molecule has 18 heavy (non-hydrogen) atoms. The summed E-state index contributed by atoms with van der Waals surface area (Å²) in [6.07, 6.45) is 4.67. The lowest BCUT2D eigenvalue weighted by atomic mass is 9.76. The molecule has 1 aromatic rings. The van der Waals surface area contributed by atoms with Gasteiger partial charge in [-0.2, -0.15) is 0 Å². The number of hydrogen-bond donors (Lipinski definition) is 2. The van der Waals surface area contributed by atoms with E-state index in [4.69, 9.17) is 5.73 Å². The molecule has 1 aromatic carbocycles. The van der Waals surface area contributed by atoms with Crippen molar-refractivity contribution >= 4 is 0 Å². The van der Waals surface area contributed by atoms with E-state index >= 15 is 0 Å². The van der Waals surface area contributed by atoms with E-state index in [0.717, 1.165) is 18.4 Å². The Morgan fingerprint density at radius 3 is 2.39 bits per heavy atom. The van der Waals surface area contributed by atoms with E-state index < -0.39 is 0 Å². The number of aryl methyl sites for hydroxylation is 1. The lowest BCUT2D eigenvalue weighted by Crippen LogP contribution is -2.32. The quantitative estimate of drug-likeness (QED) is 0.857. The summed E-state index contributed by atoms with van der Waals surface area (Å²) in [5.41, 5.74) is 9.63. The molecular weight excluding hydrogens is 222 g/mol. The Hall–Kier alpha value is -1.02. The van der Waals surface area contributed by atoms with Crippen molar-refractivity contribution in [3.05, 3.63) is 28.8 Å². The van der Waals surface area contributed by atoms with Crippen LogP contribution in [0.5, 0.6) is 5.75 Å². The van der Waals surface area contributed by atoms with Crippen LogP contribution in [0.2, 0.25) is 0 Å². The topological polar surface area (TPSA) is 46.2 Å². The maximum Gasteiger partial charge on any atom is 0.119 e. The Kier molecular flexibility index (Phi) is 3.67. The van der Waals surface area contributed by atoms with E-state index in [1.165, 1.54) is 24.0 Å². The minimum atomic E-state index is 0.0153. The zero-order valence-electron chi connectivity index (χ0n) is 11.8. The van der Waals surface area contributed by atoms with E-state index in [1.807, 2.05) is 6.07 Å². The van der Waals surface area contributed by atoms with Gasteiger partial charge in [0.2, 0.25) is 0 Å². The van der Waals surface area contributed by atoms with Crippen LogP contribution in [0.25, 0.3) is 0 Å². The van der Waals surface area contributed by atoms with Crippen LogP contribution in [-0.4, -0.2) is 11.7 Å². The Morgan fingerprint density at radius 1 is 1.28 bits per heavy atom. The molecule has 1 saturated carbocycles. The number of nitrogens with two attached hydrogens (primary N) is 1. The predicted molar refractivity (Wildman–Crippen MR) is 76.1 cm³/mol. The van der Waals surface area contributed by atoms with Crippen LogP contribution in [0.4, 0.5) is 0 Å². The molecule has 0 atom stereocenters. The van der Waals surface area contributed by atoms with Gasteiger partial charge in [-0.25, -0.2) is 0 Å². The molecule has 3 N–H and O–H groups in total. The van der Waals surface area contributed by atoms with Gasteiger partial charge in [-0.3, -0.25) is 0 Å². The second kappa shape index (κ2) is 4.93. The van der Waals surface area contributed by atoms with Gasteiger partial charge in [0.25, 0.3) is 0 Å². The average Bonchev–Trinajstić information content (AvgIpc) is 2.78. The Morgan fingerprint density at radius 2 is 1.89 bits per heavy atom. The lowest BCUT2D eigenvalue weighted by Gasteiger charge is -2.30. The third-order valence-electron chi connectivity index (χ3n) is 4.53. The highest BCUT2D eigenvalue weighted by Gasteiger charge is 2.36. The summed E-state index contributed by atoms with van der Waals surface area (Å²) in [5.74, 6) is 0.921. The minimum Gasteiger partial charge on any atom is -0.508 e. The van der Waals surface area contributed by atoms with Crippen LogP contribution < -0.4 is 5.73 Å². The third kappa shape index (κ3) is 2.14. The van der Waals surface area contributed by atoms with Crippen molar-refractivity contribution in [3.8, 4) is 5.75 Å². The summed E-state index contributed by atoms with van der Waals surface area (Å²) in [5, 5.41) is 10.3. The first kappa shape index (κ1) is 13.4. The molecule has 1 fully saturated rings. The SMILES string of the molecule is Cc1cc(O)c(C2(CN)CCCC2)cc1C(C)C. The number of benzene rings is 1. The summed E-state index contributed by atoms with van der Waals surface area (Å²) < 4.78 is 0. The number of aromatic hydroxyl groups is 1. The molecule has 0 amide bonds. The van der Waals surface area contributed by atoms with Gasteiger partial charge in [0.15, 0.2) is 0 Å². The highest BCUT2D eigenvalue weighted by molar-refractivity contribution is 5.47. The molecule has 0 radical (unpaired) electrons. The summed E-state index contributed by atoms with van der Waals surface area (Å²) >= 11 is 0. The number of phenolic OH excluding ortho intramolecular Hbond substituents is 1. The van der Waals surface area contributed by atoms with E-state index in [0.29, 0.717) is 18.2 Å².